The van der Waals surface area contributed by atoms with Crippen molar-refractivity contribution in [3.05, 3.63) is 64.7 Å². The molecule has 1 amide bonds. The number of piperidine rings is 1. The van der Waals surface area contributed by atoms with Gasteiger partial charge in [-0.1, -0.05) is 23.8 Å². The van der Waals surface area contributed by atoms with E-state index in [9.17, 15) is 9.18 Å². The molecule has 1 fully saturated rings. The number of para-hydroxylation sites is 1. The summed E-state index contributed by atoms with van der Waals surface area (Å²) in [5.74, 6) is -0.363. The smallest absolute Gasteiger partial charge is 0.253 e. The van der Waals surface area contributed by atoms with Crippen LogP contribution >= 0.6 is 0 Å². The van der Waals surface area contributed by atoms with Crippen LogP contribution in [0.1, 0.15) is 48.4 Å². The lowest BCUT2D eigenvalue weighted by molar-refractivity contribution is 0.0913. The molecule has 0 unspecified atom stereocenters. The number of rotatable bonds is 5. The number of carbonyl (C=O) groups is 1. The number of hydrogen-bond donors (Lipinski definition) is 1. The van der Waals surface area contributed by atoms with Crippen molar-refractivity contribution in [1.82, 2.24) is 14.8 Å². The fourth-order valence-corrected chi connectivity index (χ4v) is 3.83. The number of allylic oxidation sites excluding steroid dienone is 1. The minimum absolute atomic E-state index is 0.0709. The Hall–Kier alpha value is -2.40. The standard InChI is InChI=1S/C23H30FN3O/c1-16(2)9-12-26-13-10-19(11-14-26)25-23(28)20-15-17(3)27(18(20)4)22-8-6-5-7-21(22)24/h5-9,15,19H,10-14H2,1-4H3,(H,25,28). The fraction of sp³-hybridized carbons (Fsp3) is 0.435. The van der Waals surface area contributed by atoms with Crippen LogP contribution in [0.25, 0.3) is 5.69 Å². The Balaban J connectivity index is 1.67. The normalized spacial score (nSPS) is 15.5. The number of halogens is 1. The van der Waals surface area contributed by atoms with Crippen LogP contribution in [0.2, 0.25) is 0 Å². The number of aromatic nitrogens is 1. The van der Waals surface area contributed by atoms with Gasteiger partial charge < -0.3 is 9.88 Å². The quantitative estimate of drug-likeness (QED) is 0.778. The summed E-state index contributed by atoms with van der Waals surface area (Å²) in [6, 6.07) is 8.69. The second kappa shape index (κ2) is 8.74. The Morgan fingerprint density at radius 2 is 1.89 bits per heavy atom. The van der Waals surface area contributed by atoms with E-state index in [-0.39, 0.29) is 17.8 Å². The van der Waals surface area contributed by atoms with E-state index in [1.165, 1.54) is 11.6 Å². The van der Waals surface area contributed by atoms with Crippen molar-refractivity contribution in [3.8, 4) is 5.69 Å². The van der Waals surface area contributed by atoms with E-state index in [2.05, 4.69) is 30.1 Å². The van der Waals surface area contributed by atoms with Crippen molar-refractivity contribution in [2.24, 2.45) is 0 Å². The number of hydrogen-bond acceptors (Lipinski definition) is 2. The van der Waals surface area contributed by atoms with Gasteiger partial charge in [0.15, 0.2) is 0 Å². The topological polar surface area (TPSA) is 37.3 Å². The van der Waals surface area contributed by atoms with Crippen LogP contribution < -0.4 is 5.32 Å². The van der Waals surface area contributed by atoms with Gasteiger partial charge in [0.2, 0.25) is 0 Å². The molecule has 3 rings (SSSR count). The number of nitrogens with zero attached hydrogens (tertiary/aromatic N) is 2. The third kappa shape index (κ3) is 4.53. The molecule has 0 saturated carbocycles. The van der Waals surface area contributed by atoms with Crippen LogP contribution in [0.5, 0.6) is 0 Å². The molecule has 0 atom stereocenters. The first-order valence-corrected chi connectivity index (χ1v) is 9.97. The first-order valence-electron chi connectivity index (χ1n) is 9.97. The van der Waals surface area contributed by atoms with Gasteiger partial charge in [-0.2, -0.15) is 0 Å². The van der Waals surface area contributed by atoms with E-state index in [4.69, 9.17) is 0 Å². The Kier molecular flexibility index (Phi) is 6.35. The molecule has 1 aromatic heterocycles. The van der Waals surface area contributed by atoms with Crippen molar-refractivity contribution in [2.75, 3.05) is 19.6 Å². The van der Waals surface area contributed by atoms with E-state index in [0.29, 0.717) is 11.3 Å². The van der Waals surface area contributed by atoms with Crippen molar-refractivity contribution in [2.45, 2.75) is 46.6 Å². The number of likely N-dealkylation sites (tertiary alicyclic amines) is 1. The third-order valence-electron chi connectivity index (χ3n) is 5.45. The SMILES string of the molecule is CC(C)=CCN1CCC(NC(=O)c2cc(C)n(-c3ccccc3F)c2C)CC1. The predicted octanol–water partition coefficient (Wildman–Crippen LogP) is 4.39. The molecule has 0 aliphatic carbocycles. The van der Waals surface area contributed by atoms with Crippen LogP contribution in [0, 0.1) is 19.7 Å². The Labute approximate surface area is 167 Å². The second-order valence-electron chi connectivity index (χ2n) is 7.90. The highest BCUT2D eigenvalue weighted by molar-refractivity contribution is 5.96. The van der Waals surface area contributed by atoms with Gasteiger partial charge in [-0.25, -0.2) is 4.39 Å². The second-order valence-corrected chi connectivity index (χ2v) is 7.90. The van der Waals surface area contributed by atoms with Gasteiger partial charge in [-0.3, -0.25) is 9.69 Å². The molecule has 0 radical (unpaired) electrons. The number of nitrogens with one attached hydrogen (secondary N) is 1. The predicted molar refractivity (Wildman–Crippen MR) is 112 cm³/mol. The van der Waals surface area contributed by atoms with Gasteiger partial charge in [0.1, 0.15) is 5.82 Å². The zero-order valence-electron chi connectivity index (χ0n) is 17.3. The highest BCUT2D eigenvalue weighted by Gasteiger charge is 2.23. The van der Waals surface area contributed by atoms with Crippen LogP contribution in [-0.2, 0) is 0 Å². The van der Waals surface area contributed by atoms with E-state index in [1.54, 1.807) is 18.2 Å². The Bertz CT molecular complexity index is 872. The maximum atomic E-state index is 14.2. The monoisotopic (exact) mass is 383 g/mol. The lowest BCUT2D eigenvalue weighted by Crippen LogP contribution is -2.44. The summed E-state index contributed by atoms with van der Waals surface area (Å²) in [7, 11) is 0. The summed E-state index contributed by atoms with van der Waals surface area (Å²) in [5, 5.41) is 3.18. The minimum Gasteiger partial charge on any atom is -0.349 e. The molecular weight excluding hydrogens is 353 g/mol. The zero-order valence-corrected chi connectivity index (χ0v) is 17.3. The van der Waals surface area contributed by atoms with Gasteiger partial charge in [0.25, 0.3) is 5.91 Å². The van der Waals surface area contributed by atoms with E-state index < -0.39 is 0 Å². The van der Waals surface area contributed by atoms with Gasteiger partial charge in [-0.05, 0) is 58.7 Å². The Morgan fingerprint density at radius 1 is 1.21 bits per heavy atom. The zero-order chi connectivity index (χ0) is 20.3. The molecule has 5 heteroatoms. The van der Waals surface area contributed by atoms with Crippen LogP contribution in [0.15, 0.2) is 42.0 Å². The number of carbonyl (C=O) groups excluding carboxylic acids is 1. The van der Waals surface area contributed by atoms with Crippen LogP contribution in [0.3, 0.4) is 0 Å². The Morgan fingerprint density at radius 3 is 2.54 bits per heavy atom. The molecule has 0 spiro atoms. The average molecular weight is 384 g/mol. The van der Waals surface area contributed by atoms with E-state index in [0.717, 1.165) is 43.9 Å². The minimum atomic E-state index is -0.292. The van der Waals surface area contributed by atoms with Crippen LogP contribution in [0.4, 0.5) is 4.39 Å². The molecule has 1 aliphatic heterocycles. The van der Waals surface area contributed by atoms with Crippen molar-refractivity contribution in [3.63, 3.8) is 0 Å². The summed E-state index contributed by atoms with van der Waals surface area (Å²) in [4.78, 5) is 15.3. The molecule has 4 nitrogen and oxygen atoms in total. The molecule has 2 heterocycles. The highest BCUT2D eigenvalue weighted by atomic mass is 19.1. The van der Waals surface area contributed by atoms with Crippen molar-refractivity contribution in [1.29, 1.82) is 0 Å². The first-order chi connectivity index (χ1) is 13.4. The maximum Gasteiger partial charge on any atom is 0.253 e. The summed E-state index contributed by atoms with van der Waals surface area (Å²) in [6.45, 7) is 11.0. The van der Waals surface area contributed by atoms with Gasteiger partial charge in [0.05, 0.1) is 11.3 Å². The summed E-state index contributed by atoms with van der Waals surface area (Å²) in [5.41, 5.74) is 4.04. The maximum absolute atomic E-state index is 14.2. The number of aryl methyl sites for hydroxylation is 1. The van der Waals surface area contributed by atoms with Crippen molar-refractivity contribution >= 4 is 5.91 Å². The molecule has 1 aromatic carbocycles. The number of benzene rings is 1. The van der Waals surface area contributed by atoms with Gasteiger partial charge >= 0.3 is 0 Å². The third-order valence-corrected chi connectivity index (χ3v) is 5.45. The first kappa shape index (κ1) is 20.3. The largest absolute Gasteiger partial charge is 0.349 e. The van der Waals surface area contributed by atoms with Crippen LogP contribution in [-0.4, -0.2) is 41.1 Å². The summed E-state index contributed by atoms with van der Waals surface area (Å²) >= 11 is 0. The average Bonchev–Trinajstić information content (AvgIpc) is 2.96. The van der Waals surface area contributed by atoms with E-state index in [1.807, 2.05) is 24.5 Å². The summed E-state index contributed by atoms with van der Waals surface area (Å²) < 4.78 is 16.0. The molecular formula is C23H30FN3O. The van der Waals surface area contributed by atoms with Gasteiger partial charge in [0, 0.05) is 37.1 Å². The molecule has 1 aliphatic rings. The fourth-order valence-electron chi connectivity index (χ4n) is 3.83. The van der Waals surface area contributed by atoms with Gasteiger partial charge in [-0.15, -0.1) is 0 Å². The molecule has 0 bridgehead atoms. The molecule has 1 saturated heterocycles. The van der Waals surface area contributed by atoms with Crippen molar-refractivity contribution < 1.29 is 9.18 Å². The lowest BCUT2D eigenvalue weighted by Gasteiger charge is -2.31. The number of amides is 1. The molecule has 2 aromatic rings. The molecule has 1 N–H and O–H groups in total. The summed E-state index contributed by atoms with van der Waals surface area (Å²) in [6.07, 6.45) is 4.15. The molecule has 150 valence electrons. The molecule has 28 heavy (non-hydrogen) atoms. The lowest BCUT2D eigenvalue weighted by atomic mass is 10.0. The van der Waals surface area contributed by atoms with E-state index >= 15 is 0 Å². The highest BCUT2D eigenvalue weighted by Crippen LogP contribution is 2.23.